The molecule has 2 aliphatic carbocycles. The highest BCUT2D eigenvalue weighted by Gasteiger charge is 2.48. The van der Waals surface area contributed by atoms with Gasteiger partial charge in [-0.05, 0) is 76.3 Å². The zero-order valence-corrected chi connectivity index (χ0v) is 21.7. The Morgan fingerprint density at radius 1 is 1.14 bits per heavy atom. The summed E-state index contributed by atoms with van der Waals surface area (Å²) in [5.41, 5.74) is 2.64. The molecular formula is C26H34N8O3. The normalized spacial score (nSPS) is 16.2. The van der Waals surface area contributed by atoms with E-state index in [9.17, 15) is 9.59 Å². The lowest BCUT2D eigenvalue weighted by Gasteiger charge is -2.27. The smallest absolute Gasteiger partial charge is 0.270 e. The van der Waals surface area contributed by atoms with Crippen molar-refractivity contribution in [3.8, 4) is 5.88 Å². The van der Waals surface area contributed by atoms with Crippen LogP contribution in [0, 0.1) is 24.7 Å². The van der Waals surface area contributed by atoms with E-state index in [1.807, 2.05) is 26.8 Å². The van der Waals surface area contributed by atoms with Gasteiger partial charge in [0.2, 0.25) is 11.8 Å². The number of rotatable bonds is 11. The van der Waals surface area contributed by atoms with E-state index < -0.39 is 6.04 Å². The first-order valence-corrected chi connectivity index (χ1v) is 12.9. The molecule has 0 aliphatic heterocycles. The van der Waals surface area contributed by atoms with E-state index in [0.29, 0.717) is 35.6 Å². The van der Waals surface area contributed by atoms with Gasteiger partial charge in [-0.2, -0.15) is 15.3 Å². The molecule has 2 N–H and O–H groups in total. The van der Waals surface area contributed by atoms with Gasteiger partial charge in [-0.25, -0.2) is 0 Å². The Bertz CT molecular complexity index is 1260. The molecule has 2 fully saturated rings. The van der Waals surface area contributed by atoms with Gasteiger partial charge in [0.1, 0.15) is 11.7 Å². The van der Waals surface area contributed by atoms with Gasteiger partial charge < -0.3 is 15.4 Å². The van der Waals surface area contributed by atoms with Crippen LogP contribution in [0.5, 0.6) is 5.88 Å². The van der Waals surface area contributed by atoms with Crippen molar-refractivity contribution in [1.29, 1.82) is 0 Å². The van der Waals surface area contributed by atoms with Crippen molar-refractivity contribution in [3.05, 3.63) is 47.7 Å². The molecule has 0 bridgehead atoms. The summed E-state index contributed by atoms with van der Waals surface area (Å²) in [5.74, 6) is 1.01. The SMILES string of the molecule is COc1nnc(C)cc1Cn1cc(NC(=O)C(NC(=O)c2ccnn2C(C)C)C(C2CC2)C2CC2)cn1. The number of anilines is 1. The van der Waals surface area contributed by atoms with Crippen LogP contribution >= 0.6 is 0 Å². The molecule has 3 heterocycles. The monoisotopic (exact) mass is 506 g/mol. The standard InChI is InChI=1S/C26H34N8O3/c1-15(2)34-21(9-10-27-34)24(35)30-23(22(17-5-6-17)18-7-8-18)25(36)29-20-12-28-33(14-20)13-19-11-16(3)31-32-26(19)37-4/h9-12,14-15,17-18,22-23H,5-8,13H2,1-4H3,(H,29,36)(H,30,35). The van der Waals surface area contributed by atoms with E-state index in [0.717, 1.165) is 36.9 Å². The molecule has 3 aromatic rings. The number of ether oxygens (including phenoxy) is 1. The van der Waals surface area contributed by atoms with Crippen molar-refractivity contribution >= 4 is 17.5 Å². The van der Waals surface area contributed by atoms with Gasteiger partial charge in [0.05, 0.1) is 31.2 Å². The lowest BCUT2D eigenvalue weighted by atomic mass is 9.88. The summed E-state index contributed by atoms with van der Waals surface area (Å²) in [6, 6.07) is 3.00. The van der Waals surface area contributed by atoms with Gasteiger partial charge in [-0.3, -0.25) is 19.0 Å². The van der Waals surface area contributed by atoms with Crippen molar-refractivity contribution in [3.63, 3.8) is 0 Å². The summed E-state index contributed by atoms with van der Waals surface area (Å²) >= 11 is 0. The minimum Gasteiger partial charge on any atom is -0.480 e. The maximum absolute atomic E-state index is 13.6. The minimum absolute atomic E-state index is 0.0366. The zero-order chi connectivity index (χ0) is 26.1. The lowest BCUT2D eigenvalue weighted by Crippen LogP contribution is -2.50. The van der Waals surface area contributed by atoms with Crippen LogP contribution < -0.4 is 15.4 Å². The van der Waals surface area contributed by atoms with E-state index in [1.54, 1.807) is 41.1 Å². The van der Waals surface area contributed by atoms with Crippen LogP contribution in [0.4, 0.5) is 5.69 Å². The summed E-state index contributed by atoms with van der Waals surface area (Å²) in [6.07, 6.45) is 9.40. The second-order valence-corrected chi connectivity index (χ2v) is 10.4. The number of hydrogen-bond acceptors (Lipinski definition) is 7. The van der Waals surface area contributed by atoms with Gasteiger partial charge in [0.15, 0.2) is 0 Å². The Morgan fingerprint density at radius 2 is 1.86 bits per heavy atom. The zero-order valence-electron chi connectivity index (χ0n) is 21.7. The predicted molar refractivity (Wildman–Crippen MR) is 136 cm³/mol. The molecule has 0 radical (unpaired) electrons. The number of methoxy groups -OCH3 is 1. The summed E-state index contributed by atoms with van der Waals surface area (Å²) in [7, 11) is 1.55. The van der Waals surface area contributed by atoms with E-state index >= 15 is 0 Å². The first-order valence-electron chi connectivity index (χ1n) is 12.9. The molecule has 2 amide bonds. The molecular weight excluding hydrogens is 472 g/mol. The number of aryl methyl sites for hydroxylation is 1. The Labute approximate surface area is 216 Å². The Hall–Kier alpha value is -3.76. The summed E-state index contributed by atoms with van der Waals surface area (Å²) in [5, 5.41) is 22.9. The molecule has 11 nitrogen and oxygen atoms in total. The van der Waals surface area contributed by atoms with Crippen molar-refractivity contribution in [2.45, 2.75) is 65.1 Å². The number of nitrogens with one attached hydrogen (secondary N) is 2. The average molecular weight is 507 g/mol. The van der Waals surface area contributed by atoms with Crippen LogP contribution in [0.15, 0.2) is 30.7 Å². The highest BCUT2D eigenvalue weighted by Crippen LogP contribution is 2.51. The highest BCUT2D eigenvalue weighted by molar-refractivity contribution is 6.00. The second-order valence-electron chi connectivity index (χ2n) is 10.4. The van der Waals surface area contributed by atoms with Crippen LogP contribution in [0.25, 0.3) is 0 Å². The van der Waals surface area contributed by atoms with Gasteiger partial charge in [0.25, 0.3) is 5.91 Å². The molecule has 1 unspecified atom stereocenters. The number of carbonyl (C=O) groups is 2. The second kappa shape index (κ2) is 10.3. The van der Waals surface area contributed by atoms with Crippen LogP contribution in [-0.4, -0.2) is 54.7 Å². The molecule has 2 aliphatic rings. The van der Waals surface area contributed by atoms with Crippen LogP contribution in [0.3, 0.4) is 0 Å². The molecule has 5 rings (SSSR count). The Morgan fingerprint density at radius 3 is 2.51 bits per heavy atom. The fourth-order valence-corrected chi connectivity index (χ4v) is 5.07. The summed E-state index contributed by atoms with van der Waals surface area (Å²) in [6.45, 7) is 6.23. The molecule has 3 aromatic heterocycles. The van der Waals surface area contributed by atoms with E-state index in [2.05, 4.69) is 31.0 Å². The third-order valence-electron chi connectivity index (χ3n) is 7.06. The third kappa shape index (κ3) is 5.65. The Kier molecular flexibility index (Phi) is 6.94. The molecule has 11 heteroatoms. The average Bonchev–Trinajstić information content (AvgIpc) is 3.79. The van der Waals surface area contributed by atoms with Gasteiger partial charge in [-0.15, -0.1) is 5.10 Å². The van der Waals surface area contributed by atoms with Crippen molar-refractivity contribution in [2.75, 3.05) is 12.4 Å². The summed E-state index contributed by atoms with van der Waals surface area (Å²) in [4.78, 5) is 26.9. The minimum atomic E-state index is -0.626. The third-order valence-corrected chi connectivity index (χ3v) is 7.06. The van der Waals surface area contributed by atoms with E-state index in [-0.39, 0.29) is 23.8 Å². The molecule has 0 saturated heterocycles. The number of nitrogens with zero attached hydrogens (tertiary/aromatic N) is 6. The van der Waals surface area contributed by atoms with Crippen LogP contribution in [-0.2, 0) is 11.3 Å². The number of aromatic nitrogens is 6. The van der Waals surface area contributed by atoms with Gasteiger partial charge in [0, 0.05) is 24.0 Å². The summed E-state index contributed by atoms with van der Waals surface area (Å²) < 4.78 is 8.71. The first-order chi connectivity index (χ1) is 17.8. The van der Waals surface area contributed by atoms with E-state index in [1.165, 1.54) is 0 Å². The number of carbonyl (C=O) groups excluding carboxylic acids is 2. The van der Waals surface area contributed by atoms with Crippen LogP contribution in [0.1, 0.15) is 67.3 Å². The molecule has 2 saturated carbocycles. The van der Waals surface area contributed by atoms with Crippen molar-refractivity contribution in [1.82, 2.24) is 35.1 Å². The van der Waals surface area contributed by atoms with Crippen molar-refractivity contribution < 1.29 is 14.3 Å². The van der Waals surface area contributed by atoms with Gasteiger partial charge >= 0.3 is 0 Å². The van der Waals surface area contributed by atoms with Crippen molar-refractivity contribution in [2.24, 2.45) is 17.8 Å². The molecule has 37 heavy (non-hydrogen) atoms. The Balaban J connectivity index is 1.33. The first kappa shape index (κ1) is 24.9. The number of amides is 2. The fourth-order valence-electron chi connectivity index (χ4n) is 5.07. The maximum atomic E-state index is 13.6. The molecule has 0 aromatic carbocycles. The molecule has 1 atom stereocenters. The highest BCUT2D eigenvalue weighted by atomic mass is 16.5. The quantitative estimate of drug-likeness (QED) is 0.409. The van der Waals surface area contributed by atoms with E-state index in [4.69, 9.17) is 4.74 Å². The predicted octanol–water partition coefficient (Wildman–Crippen LogP) is 2.99. The fraction of sp³-hybridized carbons (Fsp3) is 0.538. The molecule has 196 valence electrons. The van der Waals surface area contributed by atoms with Gasteiger partial charge in [-0.1, -0.05) is 0 Å². The molecule has 0 spiro atoms. The number of hydrogen-bond donors (Lipinski definition) is 2. The van der Waals surface area contributed by atoms with Crippen LogP contribution in [0.2, 0.25) is 0 Å². The topological polar surface area (TPSA) is 129 Å². The lowest BCUT2D eigenvalue weighted by molar-refractivity contribution is -0.119. The largest absolute Gasteiger partial charge is 0.480 e. The maximum Gasteiger partial charge on any atom is 0.270 e.